The maximum absolute atomic E-state index is 2.61. The van der Waals surface area contributed by atoms with Gasteiger partial charge >= 0.3 is 0 Å². The zero-order valence-electron chi connectivity index (χ0n) is 15.4. The average molecular weight is 287 g/mol. The Morgan fingerprint density at radius 2 is 1.15 bits per heavy atom. The normalized spacial score (nSPS) is 15.9. The van der Waals surface area contributed by atoms with E-state index in [2.05, 4.69) is 37.6 Å². The van der Waals surface area contributed by atoms with Crippen LogP contribution in [0, 0.1) is 0 Å². The highest BCUT2D eigenvalue weighted by Gasteiger charge is 2.12. The van der Waals surface area contributed by atoms with E-state index in [0.29, 0.717) is 0 Å². The molecule has 0 aromatic rings. The van der Waals surface area contributed by atoms with Crippen LogP contribution in [0.1, 0.15) is 79.6 Å². The molecule has 0 aromatic heterocycles. The molecule has 1 fully saturated rings. The highest BCUT2D eigenvalue weighted by Crippen LogP contribution is 2.04. The summed E-state index contributed by atoms with van der Waals surface area (Å²) in [6, 6.07) is 0. The van der Waals surface area contributed by atoms with Gasteiger partial charge < -0.3 is 9.80 Å². The third-order valence-corrected chi connectivity index (χ3v) is 3.63. The van der Waals surface area contributed by atoms with Crippen molar-refractivity contribution in [1.82, 2.24) is 9.80 Å². The van der Waals surface area contributed by atoms with Gasteiger partial charge in [-0.25, -0.2) is 0 Å². The Morgan fingerprint density at radius 1 is 0.650 bits per heavy atom. The number of likely N-dealkylation sites (N-methyl/N-ethyl adjacent to an activating group) is 1. The number of nitrogens with zero attached hydrogens (tertiary/aromatic N) is 2. The number of hydrogen-bond donors (Lipinski definition) is 0. The molecule has 1 rings (SSSR count). The smallest absolute Gasteiger partial charge is 0.0110 e. The minimum Gasteiger partial charge on any atom is -0.304 e. The van der Waals surface area contributed by atoms with E-state index in [-0.39, 0.29) is 0 Å². The lowest BCUT2D eigenvalue weighted by molar-refractivity contribution is 0.152. The van der Waals surface area contributed by atoms with Crippen LogP contribution in [0.3, 0.4) is 0 Å². The highest BCUT2D eigenvalue weighted by molar-refractivity contribution is 4.68. The Labute approximate surface area is 129 Å². The number of unbranched alkanes of at least 4 members (excludes halogenated alkanes) is 5. The fraction of sp³-hybridized carbons (Fsp3) is 1.00. The molecule has 0 atom stereocenters. The van der Waals surface area contributed by atoms with E-state index in [1.54, 1.807) is 0 Å². The molecule has 0 spiro atoms. The number of piperazine rings is 1. The lowest BCUT2D eigenvalue weighted by Gasteiger charge is -2.32. The molecule has 0 aliphatic carbocycles. The van der Waals surface area contributed by atoms with Crippen LogP contribution >= 0.6 is 0 Å². The van der Waals surface area contributed by atoms with Gasteiger partial charge in [-0.1, -0.05) is 73.1 Å². The second-order valence-electron chi connectivity index (χ2n) is 5.56. The first-order chi connectivity index (χ1) is 9.74. The van der Waals surface area contributed by atoms with Crippen molar-refractivity contribution in [3.63, 3.8) is 0 Å². The summed E-state index contributed by atoms with van der Waals surface area (Å²) in [5.74, 6) is 0. The maximum Gasteiger partial charge on any atom is 0.0110 e. The Kier molecular flexibility index (Phi) is 21.0. The van der Waals surface area contributed by atoms with E-state index >= 15 is 0 Å². The molecule has 0 N–H and O–H groups in total. The summed E-state index contributed by atoms with van der Waals surface area (Å²) in [7, 11) is 2.22. The highest BCUT2D eigenvalue weighted by atomic mass is 15.2. The van der Waals surface area contributed by atoms with Gasteiger partial charge in [-0.15, -0.1) is 0 Å². The van der Waals surface area contributed by atoms with Gasteiger partial charge in [0.05, 0.1) is 0 Å². The number of hydrogen-bond acceptors (Lipinski definition) is 2. The molecule has 2 nitrogen and oxygen atoms in total. The van der Waals surface area contributed by atoms with Gasteiger partial charge in [-0.3, -0.25) is 0 Å². The minimum atomic E-state index is 1.26. The minimum absolute atomic E-state index is 1.26. The van der Waals surface area contributed by atoms with Crippen molar-refractivity contribution in [1.29, 1.82) is 0 Å². The van der Waals surface area contributed by atoms with Crippen LogP contribution in [-0.2, 0) is 0 Å². The number of rotatable bonds is 7. The Hall–Kier alpha value is -0.0800. The van der Waals surface area contributed by atoms with Crippen LogP contribution in [-0.4, -0.2) is 49.6 Å². The van der Waals surface area contributed by atoms with Crippen molar-refractivity contribution >= 4 is 0 Å². The molecule has 0 aromatic carbocycles. The third kappa shape index (κ3) is 16.0. The SMILES string of the molecule is CC.CCCCC.CCCCCCN1CCN(C)CC1. The van der Waals surface area contributed by atoms with Gasteiger partial charge in [0, 0.05) is 26.2 Å². The van der Waals surface area contributed by atoms with Gasteiger partial charge in [0.1, 0.15) is 0 Å². The summed E-state index contributed by atoms with van der Waals surface area (Å²) in [5, 5.41) is 0. The summed E-state index contributed by atoms with van der Waals surface area (Å²) in [5.41, 5.74) is 0. The summed E-state index contributed by atoms with van der Waals surface area (Å²) >= 11 is 0. The lowest BCUT2D eigenvalue weighted by atomic mass is 10.2. The van der Waals surface area contributed by atoms with Crippen LogP contribution in [0.2, 0.25) is 0 Å². The van der Waals surface area contributed by atoms with Gasteiger partial charge in [0.15, 0.2) is 0 Å². The summed E-state index contributed by atoms with van der Waals surface area (Å²) in [4.78, 5) is 5.03. The first-order valence-electron chi connectivity index (χ1n) is 9.15. The van der Waals surface area contributed by atoms with E-state index in [0.717, 1.165) is 0 Å². The first-order valence-corrected chi connectivity index (χ1v) is 9.15. The molecule has 0 amide bonds. The molecule has 1 aliphatic heterocycles. The van der Waals surface area contributed by atoms with Crippen molar-refractivity contribution in [3.05, 3.63) is 0 Å². The van der Waals surface area contributed by atoms with Crippen molar-refractivity contribution in [2.75, 3.05) is 39.8 Å². The quantitative estimate of drug-likeness (QED) is 0.605. The summed E-state index contributed by atoms with van der Waals surface area (Å²) in [6.07, 6.45) is 9.66. The Balaban J connectivity index is 0. The topological polar surface area (TPSA) is 6.48 Å². The molecular formula is C18H42N2. The van der Waals surface area contributed by atoms with Gasteiger partial charge in [0.2, 0.25) is 0 Å². The average Bonchev–Trinajstić information content (AvgIpc) is 2.49. The van der Waals surface area contributed by atoms with Gasteiger partial charge in [-0.05, 0) is 20.0 Å². The van der Waals surface area contributed by atoms with Crippen LogP contribution in [0.15, 0.2) is 0 Å². The zero-order valence-corrected chi connectivity index (χ0v) is 15.4. The van der Waals surface area contributed by atoms with Crippen molar-refractivity contribution in [2.24, 2.45) is 0 Å². The van der Waals surface area contributed by atoms with Crippen molar-refractivity contribution in [2.45, 2.75) is 79.6 Å². The molecule has 0 bridgehead atoms. The second kappa shape index (κ2) is 18.9. The Morgan fingerprint density at radius 3 is 1.55 bits per heavy atom. The maximum atomic E-state index is 2.61. The van der Waals surface area contributed by atoms with Crippen LogP contribution in [0.25, 0.3) is 0 Å². The third-order valence-electron chi connectivity index (χ3n) is 3.63. The fourth-order valence-electron chi connectivity index (χ4n) is 2.19. The van der Waals surface area contributed by atoms with E-state index in [4.69, 9.17) is 0 Å². The van der Waals surface area contributed by atoms with E-state index < -0.39 is 0 Å². The van der Waals surface area contributed by atoms with E-state index in [1.807, 2.05) is 13.8 Å². The van der Waals surface area contributed by atoms with Gasteiger partial charge in [0.25, 0.3) is 0 Å². The predicted molar refractivity (Wildman–Crippen MR) is 94.6 cm³/mol. The Bertz CT molecular complexity index is 149. The zero-order chi connectivity index (χ0) is 15.6. The van der Waals surface area contributed by atoms with Gasteiger partial charge in [-0.2, -0.15) is 0 Å². The standard InChI is InChI=1S/C11H24N2.C5H12.C2H6/c1-3-4-5-6-7-13-10-8-12(2)9-11-13;1-3-5-4-2;1-2/h3-11H2,1-2H3;3-5H2,1-2H3;1-2H3. The molecular weight excluding hydrogens is 244 g/mol. The second-order valence-corrected chi connectivity index (χ2v) is 5.56. The largest absolute Gasteiger partial charge is 0.304 e. The molecule has 20 heavy (non-hydrogen) atoms. The molecule has 0 unspecified atom stereocenters. The monoisotopic (exact) mass is 286 g/mol. The predicted octanol–water partition coefficient (Wildman–Crippen LogP) is 5.04. The summed E-state index contributed by atoms with van der Waals surface area (Å²) < 4.78 is 0. The van der Waals surface area contributed by atoms with E-state index in [9.17, 15) is 0 Å². The van der Waals surface area contributed by atoms with Crippen LogP contribution < -0.4 is 0 Å². The van der Waals surface area contributed by atoms with Crippen molar-refractivity contribution < 1.29 is 0 Å². The van der Waals surface area contributed by atoms with Crippen LogP contribution in [0.5, 0.6) is 0 Å². The molecule has 1 aliphatic rings. The van der Waals surface area contributed by atoms with Crippen molar-refractivity contribution in [3.8, 4) is 0 Å². The first kappa shape index (κ1) is 22.2. The molecule has 1 heterocycles. The summed E-state index contributed by atoms with van der Waals surface area (Å²) in [6.45, 7) is 17.1. The molecule has 2 heteroatoms. The lowest BCUT2D eigenvalue weighted by Crippen LogP contribution is -2.44. The molecule has 1 saturated heterocycles. The molecule has 0 saturated carbocycles. The molecule has 124 valence electrons. The fourth-order valence-corrected chi connectivity index (χ4v) is 2.19. The molecule has 0 radical (unpaired) electrons. The van der Waals surface area contributed by atoms with E-state index in [1.165, 1.54) is 77.7 Å². The van der Waals surface area contributed by atoms with Crippen LogP contribution in [0.4, 0.5) is 0 Å².